The number of hydrogen-bond acceptors (Lipinski definition) is 6. The van der Waals surface area contributed by atoms with Crippen LogP contribution in [-0.2, 0) is 4.74 Å². The number of ether oxygens (including phenoxy) is 2. The molecule has 0 radical (unpaired) electrons. The molecule has 1 aliphatic heterocycles. The number of piperazine rings is 1. The Morgan fingerprint density at radius 3 is 1.76 bits per heavy atom. The normalized spacial score (nSPS) is 14.4. The van der Waals surface area contributed by atoms with E-state index in [1.54, 1.807) is 48.5 Å². The molecule has 1 heterocycles. The van der Waals surface area contributed by atoms with Gasteiger partial charge in [-0.15, -0.1) is 0 Å². The van der Waals surface area contributed by atoms with Gasteiger partial charge in [-0.25, -0.2) is 9.59 Å². The highest BCUT2D eigenvalue weighted by Crippen LogP contribution is 2.29. The second-order valence-electron chi connectivity index (χ2n) is 12.9. The van der Waals surface area contributed by atoms with E-state index in [-0.39, 0.29) is 12.0 Å². The molecule has 0 aliphatic carbocycles. The lowest BCUT2D eigenvalue weighted by Crippen LogP contribution is -2.46. The highest BCUT2D eigenvalue weighted by molar-refractivity contribution is 5.92. The number of halogens is 3. The average molecular weight is 681 g/mol. The minimum atomic E-state index is -4.61. The number of rotatable bonds is 18. The fraction of sp³-hybridized carbons (Fsp3) is 0.500. The van der Waals surface area contributed by atoms with Crippen LogP contribution < -0.4 is 9.64 Å². The van der Waals surface area contributed by atoms with E-state index in [0.717, 1.165) is 55.8 Å². The summed E-state index contributed by atoms with van der Waals surface area (Å²) in [5.41, 5.74) is 3.15. The average Bonchev–Trinajstić information content (AvgIpc) is 3.11. The number of unbranched alkanes of at least 4 members (excludes halogenated alkanes) is 8. The van der Waals surface area contributed by atoms with Crippen LogP contribution in [0.25, 0.3) is 11.1 Å². The topological polar surface area (TPSA) is 59.1 Å². The summed E-state index contributed by atoms with van der Waals surface area (Å²) in [7, 11) is 0. The molecule has 3 aromatic rings. The third-order valence-corrected chi connectivity index (χ3v) is 9.12. The summed E-state index contributed by atoms with van der Waals surface area (Å²) in [5.74, 6) is -1.06. The number of carbonyl (C=O) groups is 2. The van der Waals surface area contributed by atoms with Gasteiger partial charge in [0.1, 0.15) is 5.75 Å². The third-order valence-electron chi connectivity index (χ3n) is 9.12. The molecule has 0 bridgehead atoms. The third kappa shape index (κ3) is 12.2. The molecule has 0 spiro atoms. The summed E-state index contributed by atoms with van der Waals surface area (Å²) >= 11 is 0. The fourth-order valence-corrected chi connectivity index (χ4v) is 6.08. The lowest BCUT2D eigenvalue weighted by Gasteiger charge is -2.36. The molecule has 9 heteroatoms. The summed E-state index contributed by atoms with van der Waals surface area (Å²) in [5, 5.41) is 0. The van der Waals surface area contributed by atoms with Crippen molar-refractivity contribution >= 4 is 17.6 Å². The predicted molar refractivity (Wildman–Crippen MR) is 189 cm³/mol. The zero-order valence-electron chi connectivity index (χ0n) is 29.0. The maximum Gasteiger partial charge on any atom is 0.425 e. The van der Waals surface area contributed by atoms with Crippen molar-refractivity contribution in [1.29, 1.82) is 0 Å². The van der Waals surface area contributed by atoms with Crippen LogP contribution in [0.3, 0.4) is 0 Å². The van der Waals surface area contributed by atoms with Crippen molar-refractivity contribution in [3.63, 3.8) is 0 Å². The van der Waals surface area contributed by atoms with E-state index in [2.05, 4.69) is 16.7 Å². The first-order valence-corrected chi connectivity index (χ1v) is 18.0. The van der Waals surface area contributed by atoms with Crippen LogP contribution in [0, 0.1) is 0 Å². The van der Waals surface area contributed by atoms with Gasteiger partial charge in [0.25, 0.3) is 0 Å². The number of nitrogens with zero attached hydrogens (tertiary/aromatic N) is 2. The van der Waals surface area contributed by atoms with Gasteiger partial charge in [0.15, 0.2) is 6.10 Å². The van der Waals surface area contributed by atoms with E-state index in [1.807, 2.05) is 19.1 Å². The van der Waals surface area contributed by atoms with Gasteiger partial charge >= 0.3 is 18.1 Å². The van der Waals surface area contributed by atoms with E-state index in [0.29, 0.717) is 24.2 Å². The number of carbonyl (C=O) groups excluding carboxylic acids is 2. The van der Waals surface area contributed by atoms with Crippen molar-refractivity contribution in [2.24, 2.45) is 0 Å². The van der Waals surface area contributed by atoms with Gasteiger partial charge < -0.3 is 14.4 Å². The van der Waals surface area contributed by atoms with E-state index >= 15 is 0 Å². The molecule has 0 aromatic heterocycles. The molecule has 4 rings (SSSR count). The van der Waals surface area contributed by atoms with Crippen molar-refractivity contribution < 1.29 is 32.2 Å². The number of anilines is 1. The van der Waals surface area contributed by atoms with Gasteiger partial charge in [-0.3, -0.25) is 4.90 Å². The summed E-state index contributed by atoms with van der Waals surface area (Å²) in [6.45, 7) is 9.43. The van der Waals surface area contributed by atoms with Gasteiger partial charge in [-0.05, 0) is 85.5 Å². The Morgan fingerprint density at radius 2 is 1.16 bits per heavy atom. The van der Waals surface area contributed by atoms with Crippen LogP contribution in [0.5, 0.6) is 5.75 Å². The van der Waals surface area contributed by atoms with Crippen LogP contribution in [0.1, 0.15) is 105 Å². The summed E-state index contributed by atoms with van der Waals surface area (Å²) in [6, 6.07) is 20.7. The largest absolute Gasteiger partial charge is 0.449 e. The molecule has 0 saturated carbocycles. The second kappa shape index (κ2) is 19.4. The lowest BCUT2D eigenvalue weighted by molar-refractivity contribution is -0.206. The maximum atomic E-state index is 13.4. The minimum absolute atomic E-state index is 0.0499. The molecule has 1 fully saturated rings. The lowest BCUT2D eigenvalue weighted by atomic mass is 10.0. The maximum absolute atomic E-state index is 13.4. The first-order valence-electron chi connectivity index (χ1n) is 18.0. The first kappa shape index (κ1) is 38.0. The fourth-order valence-electron chi connectivity index (χ4n) is 6.08. The molecule has 1 saturated heterocycles. The Balaban J connectivity index is 1.23. The van der Waals surface area contributed by atoms with Crippen molar-refractivity contribution in [3.8, 4) is 16.9 Å². The Labute approximate surface area is 289 Å². The van der Waals surface area contributed by atoms with E-state index in [1.165, 1.54) is 57.2 Å². The summed E-state index contributed by atoms with van der Waals surface area (Å²) in [4.78, 5) is 30.3. The molecule has 49 heavy (non-hydrogen) atoms. The van der Waals surface area contributed by atoms with Gasteiger partial charge in [0, 0.05) is 31.9 Å². The number of alkyl halides is 3. The van der Waals surface area contributed by atoms with Gasteiger partial charge in [-0.2, -0.15) is 13.2 Å². The molecule has 0 N–H and O–H groups in total. The van der Waals surface area contributed by atoms with Crippen molar-refractivity contribution in [2.75, 3.05) is 37.6 Å². The molecule has 1 atom stereocenters. The van der Waals surface area contributed by atoms with Crippen molar-refractivity contribution in [2.45, 2.75) is 96.8 Å². The summed E-state index contributed by atoms with van der Waals surface area (Å²) in [6.07, 6.45) is 3.67. The summed E-state index contributed by atoms with van der Waals surface area (Å²) < 4.78 is 50.8. The van der Waals surface area contributed by atoms with Gasteiger partial charge in [0.05, 0.1) is 11.1 Å². The zero-order valence-corrected chi connectivity index (χ0v) is 29.0. The van der Waals surface area contributed by atoms with Crippen molar-refractivity contribution in [3.05, 3.63) is 83.9 Å². The Kier molecular flexibility index (Phi) is 15.0. The highest BCUT2D eigenvalue weighted by Gasteiger charge is 2.42. The Bertz CT molecular complexity index is 1420. The smallest absolute Gasteiger partial charge is 0.425 e. The highest BCUT2D eigenvalue weighted by atomic mass is 19.4. The van der Waals surface area contributed by atoms with E-state index in [4.69, 9.17) is 9.47 Å². The molecule has 0 amide bonds. The Morgan fingerprint density at radius 1 is 0.653 bits per heavy atom. The van der Waals surface area contributed by atoms with Gasteiger partial charge in [-0.1, -0.05) is 89.5 Å². The molecule has 0 unspecified atom stereocenters. The molecule has 3 aromatic carbocycles. The quantitative estimate of drug-likeness (QED) is 0.0757. The number of esters is 2. The standard InChI is InChI=1S/C40H51F3N2O4/c1-3-5-7-9-10-12-26-44-27-29-45(30-28-44)35-22-18-34(19-23-35)38(46)48-36-24-20-32(21-25-36)31-14-16-33(17-15-31)39(47)49-37(40(41,42)43)13-11-8-6-4-2/h14-25,37H,3-13,26-30H2,1-2H3/t37-/m1/s1. The first-order chi connectivity index (χ1) is 23.7. The SMILES string of the molecule is CCCCCCCCN1CCN(c2ccc(C(=O)Oc3ccc(-c4ccc(C(=O)O[C@H](CCCCCC)C(F)(F)F)cc4)cc3)cc2)CC1. The van der Waals surface area contributed by atoms with Crippen LogP contribution in [0.15, 0.2) is 72.8 Å². The van der Waals surface area contributed by atoms with Crippen LogP contribution in [0.2, 0.25) is 0 Å². The second-order valence-corrected chi connectivity index (χ2v) is 12.9. The Hall–Kier alpha value is -3.85. The number of benzene rings is 3. The zero-order chi connectivity index (χ0) is 35.1. The predicted octanol–water partition coefficient (Wildman–Crippen LogP) is 10.1. The van der Waals surface area contributed by atoms with Crippen LogP contribution in [-0.4, -0.2) is 61.8 Å². The van der Waals surface area contributed by atoms with Crippen molar-refractivity contribution in [1.82, 2.24) is 4.90 Å². The minimum Gasteiger partial charge on any atom is -0.449 e. The van der Waals surface area contributed by atoms with E-state index < -0.39 is 24.2 Å². The molecule has 1 aliphatic rings. The monoisotopic (exact) mass is 680 g/mol. The molecule has 266 valence electrons. The molecular weight excluding hydrogens is 629 g/mol. The van der Waals surface area contributed by atoms with Crippen LogP contribution in [0.4, 0.5) is 18.9 Å². The van der Waals surface area contributed by atoms with Crippen LogP contribution >= 0.6 is 0 Å². The molecule has 6 nitrogen and oxygen atoms in total. The molecular formula is C40H51F3N2O4. The number of hydrogen-bond donors (Lipinski definition) is 0. The van der Waals surface area contributed by atoms with Gasteiger partial charge in [0.2, 0.25) is 0 Å². The van der Waals surface area contributed by atoms with E-state index in [9.17, 15) is 22.8 Å².